The van der Waals surface area contributed by atoms with Crippen molar-refractivity contribution in [1.82, 2.24) is 14.8 Å². The molecular formula is C12H18N4O. The molecule has 0 atom stereocenters. The molecule has 0 N–H and O–H groups in total. The van der Waals surface area contributed by atoms with Crippen LogP contribution >= 0.6 is 0 Å². The largest absolute Gasteiger partial charge is 0.366 e. The smallest absolute Gasteiger partial charge is 0.229 e. The lowest BCUT2D eigenvalue weighted by Crippen LogP contribution is -2.30. The van der Waals surface area contributed by atoms with Crippen LogP contribution in [0.5, 0.6) is 0 Å². The SMILES string of the molecule is CN(C)C(=O)CC(=Nc1ccccn1)N(C)C. The molecule has 0 saturated carbocycles. The minimum atomic E-state index is 0.0216. The molecule has 1 heterocycles. The Morgan fingerprint density at radius 1 is 1.24 bits per heavy atom. The fraction of sp³-hybridized carbons (Fsp3) is 0.417. The van der Waals surface area contributed by atoms with E-state index < -0.39 is 0 Å². The summed E-state index contributed by atoms with van der Waals surface area (Å²) < 4.78 is 0. The molecule has 17 heavy (non-hydrogen) atoms. The molecule has 1 aromatic heterocycles. The summed E-state index contributed by atoms with van der Waals surface area (Å²) in [7, 11) is 7.20. The van der Waals surface area contributed by atoms with E-state index in [0.29, 0.717) is 11.7 Å². The first-order valence-corrected chi connectivity index (χ1v) is 5.36. The van der Waals surface area contributed by atoms with Crippen molar-refractivity contribution >= 4 is 17.6 Å². The van der Waals surface area contributed by atoms with Gasteiger partial charge >= 0.3 is 0 Å². The second-order valence-electron chi connectivity index (χ2n) is 4.08. The first-order chi connectivity index (χ1) is 8.00. The zero-order valence-corrected chi connectivity index (χ0v) is 10.7. The molecule has 0 spiro atoms. The number of amidine groups is 1. The van der Waals surface area contributed by atoms with E-state index in [4.69, 9.17) is 0 Å². The van der Waals surface area contributed by atoms with E-state index in [1.54, 1.807) is 25.2 Å². The fourth-order valence-electron chi connectivity index (χ4n) is 1.14. The average molecular weight is 234 g/mol. The highest BCUT2D eigenvalue weighted by Gasteiger charge is 2.11. The van der Waals surface area contributed by atoms with Gasteiger partial charge in [0.2, 0.25) is 5.91 Å². The Morgan fingerprint density at radius 3 is 2.41 bits per heavy atom. The Hall–Kier alpha value is -1.91. The van der Waals surface area contributed by atoms with Gasteiger partial charge in [0.15, 0.2) is 5.82 Å². The zero-order valence-electron chi connectivity index (χ0n) is 10.7. The number of nitrogens with zero attached hydrogens (tertiary/aromatic N) is 4. The van der Waals surface area contributed by atoms with Crippen LogP contribution < -0.4 is 0 Å². The number of hydrogen-bond donors (Lipinski definition) is 0. The molecule has 5 nitrogen and oxygen atoms in total. The standard InChI is InChI=1S/C12H18N4O/c1-15(2)11(9-12(17)16(3)4)14-10-7-5-6-8-13-10/h5-8H,9H2,1-4H3. The van der Waals surface area contributed by atoms with Gasteiger partial charge in [-0.3, -0.25) is 4.79 Å². The van der Waals surface area contributed by atoms with E-state index in [0.717, 1.165) is 0 Å². The summed E-state index contributed by atoms with van der Waals surface area (Å²) in [5.74, 6) is 1.33. The normalized spacial score (nSPS) is 11.2. The highest BCUT2D eigenvalue weighted by molar-refractivity contribution is 6.00. The van der Waals surface area contributed by atoms with Gasteiger partial charge in [0, 0.05) is 34.4 Å². The lowest BCUT2D eigenvalue weighted by Gasteiger charge is -2.17. The molecule has 92 valence electrons. The van der Waals surface area contributed by atoms with E-state index >= 15 is 0 Å². The summed E-state index contributed by atoms with van der Waals surface area (Å²) in [4.78, 5) is 23.5. The van der Waals surface area contributed by atoms with Crippen LogP contribution in [0.4, 0.5) is 5.82 Å². The maximum Gasteiger partial charge on any atom is 0.229 e. The van der Waals surface area contributed by atoms with Crippen LogP contribution in [0.2, 0.25) is 0 Å². The Morgan fingerprint density at radius 2 is 1.94 bits per heavy atom. The van der Waals surface area contributed by atoms with E-state index in [9.17, 15) is 4.79 Å². The Balaban J connectivity index is 2.87. The predicted octanol–water partition coefficient (Wildman–Crippen LogP) is 1.15. The zero-order chi connectivity index (χ0) is 12.8. The van der Waals surface area contributed by atoms with Gasteiger partial charge in [-0.05, 0) is 12.1 Å². The molecule has 0 aromatic carbocycles. The van der Waals surface area contributed by atoms with Crippen LogP contribution in [0.3, 0.4) is 0 Å². The van der Waals surface area contributed by atoms with E-state index in [1.807, 2.05) is 37.2 Å². The van der Waals surface area contributed by atoms with Gasteiger partial charge in [0.25, 0.3) is 0 Å². The van der Waals surface area contributed by atoms with Gasteiger partial charge in [-0.1, -0.05) is 6.07 Å². The second kappa shape index (κ2) is 5.98. The monoisotopic (exact) mass is 234 g/mol. The molecule has 0 aliphatic carbocycles. The van der Waals surface area contributed by atoms with Crippen LogP contribution in [-0.4, -0.2) is 54.7 Å². The highest BCUT2D eigenvalue weighted by atomic mass is 16.2. The summed E-state index contributed by atoms with van der Waals surface area (Å²) in [5.41, 5.74) is 0. The van der Waals surface area contributed by atoms with Crippen LogP contribution in [0.25, 0.3) is 0 Å². The van der Waals surface area contributed by atoms with Crippen LogP contribution in [-0.2, 0) is 4.79 Å². The molecule has 0 bridgehead atoms. The highest BCUT2D eigenvalue weighted by Crippen LogP contribution is 2.08. The lowest BCUT2D eigenvalue weighted by atomic mass is 10.3. The Bertz CT molecular complexity index is 398. The summed E-state index contributed by atoms with van der Waals surface area (Å²) in [6.45, 7) is 0. The third-order valence-electron chi connectivity index (χ3n) is 2.22. The Labute approximate surface area is 102 Å². The van der Waals surface area contributed by atoms with Gasteiger partial charge < -0.3 is 9.80 Å². The number of aliphatic imine (C=N–C) groups is 1. The molecule has 0 radical (unpaired) electrons. The summed E-state index contributed by atoms with van der Waals surface area (Å²) >= 11 is 0. The maximum atomic E-state index is 11.6. The molecule has 0 fully saturated rings. The molecule has 0 saturated heterocycles. The van der Waals surface area contributed by atoms with Crippen molar-refractivity contribution in [2.45, 2.75) is 6.42 Å². The number of hydrogen-bond acceptors (Lipinski definition) is 3. The maximum absolute atomic E-state index is 11.6. The first kappa shape index (κ1) is 13.2. The number of carbonyl (C=O) groups excluding carboxylic acids is 1. The summed E-state index contributed by atoms with van der Waals surface area (Å²) in [5, 5.41) is 0. The van der Waals surface area contributed by atoms with Crippen molar-refractivity contribution in [2.75, 3.05) is 28.2 Å². The van der Waals surface area contributed by atoms with Gasteiger partial charge in [-0.2, -0.15) is 0 Å². The number of aromatic nitrogens is 1. The van der Waals surface area contributed by atoms with Crippen molar-refractivity contribution in [3.8, 4) is 0 Å². The molecule has 5 heteroatoms. The van der Waals surface area contributed by atoms with Crippen LogP contribution in [0.1, 0.15) is 6.42 Å². The number of rotatable bonds is 3. The fourth-order valence-corrected chi connectivity index (χ4v) is 1.14. The minimum absolute atomic E-state index is 0.0216. The number of amides is 1. The van der Waals surface area contributed by atoms with E-state index in [1.165, 1.54) is 0 Å². The van der Waals surface area contributed by atoms with Crippen LogP contribution in [0.15, 0.2) is 29.4 Å². The van der Waals surface area contributed by atoms with Crippen molar-refractivity contribution in [3.05, 3.63) is 24.4 Å². The van der Waals surface area contributed by atoms with Gasteiger partial charge in [-0.25, -0.2) is 9.98 Å². The van der Waals surface area contributed by atoms with Crippen LogP contribution in [0, 0.1) is 0 Å². The number of carbonyl (C=O) groups is 1. The first-order valence-electron chi connectivity index (χ1n) is 5.36. The molecule has 1 aromatic rings. The lowest BCUT2D eigenvalue weighted by molar-refractivity contribution is -0.127. The van der Waals surface area contributed by atoms with Gasteiger partial charge in [0.1, 0.15) is 5.84 Å². The molecule has 1 amide bonds. The average Bonchev–Trinajstić information content (AvgIpc) is 2.29. The van der Waals surface area contributed by atoms with Crippen molar-refractivity contribution in [2.24, 2.45) is 4.99 Å². The third-order valence-corrected chi connectivity index (χ3v) is 2.22. The van der Waals surface area contributed by atoms with E-state index in [2.05, 4.69) is 9.98 Å². The molecule has 1 rings (SSSR count). The topological polar surface area (TPSA) is 48.8 Å². The minimum Gasteiger partial charge on any atom is -0.366 e. The summed E-state index contributed by atoms with van der Waals surface area (Å²) in [6, 6.07) is 5.51. The quantitative estimate of drug-likeness (QED) is 0.582. The molecule has 0 aliphatic rings. The molecule has 0 unspecified atom stereocenters. The van der Waals surface area contributed by atoms with Crippen molar-refractivity contribution in [3.63, 3.8) is 0 Å². The van der Waals surface area contributed by atoms with Gasteiger partial charge in [-0.15, -0.1) is 0 Å². The second-order valence-corrected chi connectivity index (χ2v) is 4.08. The Kier molecular flexibility index (Phi) is 4.63. The van der Waals surface area contributed by atoms with Crippen molar-refractivity contribution < 1.29 is 4.79 Å². The van der Waals surface area contributed by atoms with Gasteiger partial charge in [0.05, 0.1) is 6.42 Å². The summed E-state index contributed by atoms with van der Waals surface area (Å²) in [6.07, 6.45) is 1.95. The predicted molar refractivity (Wildman–Crippen MR) is 68.3 cm³/mol. The van der Waals surface area contributed by atoms with E-state index in [-0.39, 0.29) is 12.3 Å². The molecule has 0 aliphatic heterocycles. The molecular weight excluding hydrogens is 216 g/mol. The van der Waals surface area contributed by atoms with Crippen molar-refractivity contribution in [1.29, 1.82) is 0 Å². The number of pyridine rings is 1. The third kappa shape index (κ3) is 4.22.